The third kappa shape index (κ3) is 5.04. The molecule has 2 aliphatic heterocycles. The second kappa shape index (κ2) is 10.3. The van der Waals surface area contributed by atoms with Crippen molar-refractivity contribution in [1.29, 1.82) is 0 Å². The van der Waals surface area contributed by atoms with E-state index in [1.165, 1.54) is 36.8 Å². The van der Waals surface area contributed by atoms with Gasteiger partial charge in [-0.1, -0.05) is 30.4 Å². The Morgan fingerprint density at radius 3 is 2.54 bits per heavy atom. The van der Waals surface area contributed by atoms with Crippen LogP contribution in [-0.2, 0) is 6.54 Å². The number of fused-ring (bicyclic) bond motifs is 1. The molecule has 1 aromatic heterocycles. The van der Waals surface area contributed by atoms with Gasteiger partial charge in [0.15, 0.2) is 0 Å². The normalized spacial score (nSPS) is 26.3. The maximum Gasteiger partial charge on any atom is 0.274 e. The zero-order valence-electron chi connectivity index (χ0n) is 20.7. The molecule has 3 heterocycles. The van der Waals surface area contributed by atoms with Crippen LogP contribution in [0.4, 0.5) is 5.82 Å². The second-order valence-electron chi connectivity index (χ2n) is 10.4. The molecule has 1 amide bonds. The molecule has 1 aliphatic carbocycles. The minimum atomic E-state index is -0.497. The maximum absolute atomic E-state index is 11.6. The SMILES string of the molecule is CC1CC(C2CC=Nc3c2ccn3Cc2ccc(C(=O)NO)cc2)CC(C)N1CC1=CCCC=C1. The van der Waals surface area contributed by atoms with E-state index in [1.807, 2.05) is 12.1 Å². The number of rotatable bonds is 6. The molecule has 1 saturated heterocycles. The zero-order chi connectivity index (χ0) is 24.4. The number of benzene rings is 1. The van der Waals surface area contributed by atoms with Crippen LogP contribution in [0.15, 0.2) is 65.3 Å². The van der Waals surface area contributed by atoms with Crippen LogP contribution in [0.25, 0.3) is 0 Å². The van der Waals surface area contributed by atoms with Crippen molar-refractivity contribution >= 4 is 17.9 Å². The minimum absolute atomic E-state index is 0.439. The molecule has 3 atom stereocenters. The van der Waals surface area contributed by atoms with E-state index < -0.39 is 5.91 Å². The Morgan fingerprint density at radius 2 is 1.86 bits per heavy atom. The van der Waals surface area contributed by atoms with Gasteiger partial charge in [-0.2, -0.15) is 0 Å². The van der Waals surface area contributed by atoms with Crippen LogP contribution in [0.3, 0.4) is 0 Å². The Hall–Kier alpha value is -2.96. The van der Waals surface area contributed by atoms with Crippen LogP contribution < -0.4 is 5.48 Å². The fourth-order valence-electron chi connectivity index (χ4n) is 6.21. The number of carbonyl (C=O) groups excluding carboxylic acids is 1. The van der Waals surface area contributed by atoms with E-state index in [2.05, 4.69) is 60.0 Å². The predicted octanol–water partition coefficient (Wildman–Crippen LogP) is 5.61. The van der Waals surface area contributed by atoms with Crippen LogP contribution in [0.5, 0.6) is 0 Å². The molecule has 1 fully saturated rings. The number of carbonyl (C=O) groups is 1. The summed E-state index contributed by atoms with van der Waals surface area (Å²) in [5, 5.41) is 8.82. The predicted molar refractivity (Wildman–Crippen MR) is 140 cm³/mol. The lowest BCUT2D eigenvalue weighted by Crippen LogP contribution is -2.48. The summed E-state index contributed by atoms with van der Waals surface area (Å²) >= 11 is 0. The van der Waals surface area contributed by atoms with Crippen LogP contribution >= 0.6 is 0 Å². The quantitative estimate of drug-likeness (QED) is 0.424. The third-order valence-electron chi connectivity index (χ3n) is 8.03. The van der Waals surface area contributed by atoms with Crippen LogP contribution in [0.2, 0.25) is 0 Å². The van der Waals surface area contributed by atoms with Crippen molar-refractivity contribution in [1.82, 2.24) is 14.9 Å². The van der Waals surface area contributed by atoms with Crippen LogP contribution in [0.1, 0.15) is 73.4 Å². The molecule has 0 bridgehead atoms. The number of allylic oxidation sites excluding steroid dienone is 2. The number of nitrogens with one attached hydrogen (secondary N) is 1. The summed E-state index contributed by atoms with van der Waals surface area (Å²) in [6.45, 7) is 6.57. The molecule has 2 N–H and O–H groups in total. The summed E-state index contributed by atoms with van der Waals surface area (Å²) in [4.78, 5) is 19.1. The molecule has 3 unspecified atom stereocenters. The van der Waals surface area contributed by atoms with Crippen molar-refractivity contribution < 1.29 is 10.0 Å². The molecule has 1 aromatic carbocycles. The van der Waals surface area contributed by atoms with Gasteiger partial charge in [-0.05, 0) is 87.1 Å². The van der Waals surface area contributed by atoms with E-state index in [4.69, 9.17) is 10.2 Å². The van der Waals surface area contributed by atoms with E-state index >= 15 is 0 Å². The summed E-state index contributed by atoms with van der Waals surface area (Å²) in [5.74, 6) is 1.74. The van der Waals surface area contributed by atoms with Gasteiger partial charge in [-0.25, -0.2) is 10.5 Å². The first-order valence-corrected chi connectivity index (χ1v) is 12.9. The second-order valence-corrected chi connectivity index (χ2v) is 10.4. The summed E-state index contributed by atoms with van der Waals surface area (Å²) in [7, 11) is 0. The number of aliphatic imine (C=N–C) groups is 1. The molecule has 35 heavy (non-hydrogen) atoms. The van der Waals surface area contributed by atoms with Crippen molar-refractivity contribution in [2.75, 3.05) is 6.54 Å². The first kappa shape index (κ1) is 23.8. The average molecular weight is 473 g/mol. The molecular formula is C29H36N4O2. The zero-order valence-corrected chi connectivity index (χ0v) is 20.7. The fraction of sp³-hybridized carbons (Fsp3) is 0.448. The van der Waals surface area contributed by atoms with Gasteiger partial charge in [0.1, 0.15) is 5.82 Å². The topological polar surface area (TPSA) is 69.9 Å². The Bertz CT molecular complexity index is 1130. The minimum Gasteiger partial charge on any atom is -0.328 e. The van der Waals surface area contributed by atoms with Gasteiger partial charge in [0, 0.05) is 48.7 Å². The molecule has 3 aliphatic rings. The average Bonchev–Trinajstić information content (AvgIpc) is 3.29. The summed E-state index contributed by atoms with van der Waals surface area (Å²) in [6.07, 6.45) is 17.1. The molecule has 6 nitrogen and oxygen atoms in total. The number of nitrogens with zero attached hydrogens (tertiary/aromatic N) is 3. The number of aromatic nitrogens is 1. The lowest BCUT2D eigenvalue weighted by Gasteiger charge is -2.45. The van der Waals surface area contributed by atoms with Crippen molar-refractivity contribution in [2.45, 2.75) is 70.5 Å². The summed E-state index contributed by atoms with van der Waals surface area (Å²) in [5.41, 5.74) is 6.06. The highest BCUT2D eigenvalue weighted by Crippen LogP contribution is 2.44. The largest absolute Gasteiger partial charge is 0.328 e. The Labute approximate surface area is 208 Å². The van der Waals surface area contributed by atoms with Crippen molar-refractivity contribution in [3.63, 3.8) is 0 Å². The van der Waals surface area contributed by atoms with Gasteiger partial charge < -0.3 is 4.57 Å². The van der Waals surface area contributed by atoms with Gasteiger partial charge in [0.25, 0.3) is 5.91 Å². The van der Waals surface area contributed by atoms with E-state index in [9.17, 15) is 4.79 Å². The van der Waals surface area contributed by atoms with Gasteiger partial charge in [0.05, 0.1) is 0 Å². The Morgan fingerprint density at radius 1 is 1.09 bits per heavy atom. The highest BCUT2D eigenvalue weighted by atomic mass is 16.5. The monoisotopic (exact) mass is 472 g/mol. The molecular weight excluding hydrogens is 436 g/mol. The first-order valence-electron chi connectivity index (χ1n) is 12.9. The van der Waals surface area contributed by atoms with Gasteiger partial charge in [-0.3, -0.25) is 14.9 Å². The maximum atomic E-state index is 11.6. The summed E-state index contributed by atoms with van der Waals surface area (Å²) in [6, 6.07) is 10.7. The van der Waals surface area contributed by atoms with E-state index in [1.54, 1.807) is 17.6 Å². The molecule has 5 rings (SSSR count). The van der Waals surface area contributed by atoms with E-state index in [0.29, 0.717) is 36.0 Å². The number of piperidine rings is 1. The highest BCUT2D eigenvalue weighted by Gasteiger charge is 2.37. The third-order valence-corrected chi connectivity index (χ3v) is 8.03. The number of likely N-dealkylation sites (tertiary alicyclic amines) is 1. The smallest absolute Gasteiger partial charge is 0.274 e. The van der Waals surface area contributed by atoms with Gasteiger partial charge in [0.2, 0.25) is 0 Å². The molecule has 2 aromatic rings. The van der Waals surface area contributed by atoms with Crippen LogP contribution in [0, 0.1) is 5.92 Å². The fourth-order valence-corrected chi connectivity index (χ4v) is 6.21. The Kier molecular flexibility index (Phi) is 7.02. The van der Waals surface area contributed by atoms with Crippen molar-refractivity contribution in [2.24, 2.45) is 10.9 Å². The molecule has 6 heteroatoms. The standard InChI is InChI=1S/C29H36N4O2/c1-20-16-25(17-21(2)33(20)19-22-6-4-3-5-7-22)26-12-14-30-28-27(26)13-15-32(28)18-23-8-10-24(11-9-23)29(34)31-35/h4,6-11,13-15,20-21,25-26,35H,3,5,12,16-19H2,1-2H3,(H,31,34). The van der Waals surface area contributed by atoms with Gasteiger partial charge in [-0.15, -0.1) is 0 Å². The molecule has 0 radical (unpaired) electrons. The van der Waals surface area contributed by atoms with E-state index in [0.717, 1.165) is 24.3 Å². The van der Waals surface area contributed by atoms with Crippen LogP contribution in [-0.4, -0.2) is 45.4 Å². The molecule has 184 valence electrons. The number of hydroxylamine groups is 1. The number of hydrogen-bond donors (Lipinski definition) is 2. The van der Waals surface area contributed by atoms with Crippen molar-refractivity contribution in [3.8, 4) is 0 Å². The first-order chi connectivity index (χ1) is 17.0. The van der Waals surface area contributed by atoms with Gasteiger partial charge >= 0.3 is 0 Å². The lowest BCUT2D eigenvalue weighted by molar-refractivity contribution is 0.0705. The highest BCUT2D eigenvalue weighted by molar-refractivity contribution is 5.93. The molecule has 0 saturated carbocycles. The van der Waals surface area contributed by atoms with E-state index in [-0.39, 0.29) is 0 Å². The summed E-state index contributed by atoms with van der Waals surface area (Å²) < 4.78 is 2.21. The molecule has 0 spiro atoms. The lowest BCUT2D eigenvalue weighted by atomic mass is 9.74. The number of amides is 1. The Balaban J connectivity index is 1.28. The van der Waals surface area contributed by atoms with Crippen molar-refractivity contribution in [3.05, 3.63) is 77.0 Å². The number of hydrogen-bond acceptors (Lipinski definition) is 4.